The van der Waals surface area contributed by atoms with Crippen LogP contribution < -0.4 is 0 Å². The first-order valence-electron chi connectivity index (χ1n) is 9.09. The summed E-state index contributed by atoms with van der Waals surface area (Å²) in [6, 6.07) is 6.83. The van der Waals surface area contributed by atoms with Crippen molar-refractivity contribution in [2.45, 2.75) is 83.2 Å². The van der Waals surface area contributed by atoms with Crippen LogP contribution in [0.3, 0.4) is 0 Å². The molecule has 0 spiro atoms. The van der Waals surface area contributed by atoms with Gasteiger partial charge in [-0.25, -0.2) is 13.2 Å². The van der Waals surface area contributed by atoms with Gasteiger partial charge in [-0.05, 0) is 48.6 Å². The fourth-order valence-corrected chi connectivity index (χ4v) is 3.83. The molecule has 1 saturated carbocycles. The number of benzene rings is 1. The van der Waals surface area contributed by atoms with Crippen LogP contribution in [0, 0.1) is 5.92 Å². The third-order valence-electron chi connectivity index (χ3n) is 5.20. The lowest BCUT2D eigenvalue weighted by molar-refractivity contribution is -0.0807. The minimum Gasteiger partial charge on any atom is -0.236 e. The van der Waals surface area contributed by atoms with Crippen molar-refractivity contribution in [3.8, 4) is 0 Å². The first-order chi connectivity index (χ1) is 11.0. The van der Waals surface area contributed by atoms with E-state index in [9.17, 15) is 13.2 Å². The summed E-state index contributed by atoms with van der Waals surface area (Å²) in [5, 5.41) is 0. The fourth-order valence-electron chi connectivity index (χ4n) is 3.83. The van der Waals surface area contributed by atoms with E-state index in [1.807, 2.05) is 12.1 Å². The van der Waals surface area contributed by atoms with Crippen LogP contribution in [0.1, 0.15) is 88.4 Å². The van der Waals surface area contributed by atoms with E-state index in [1.54, 1.807) is 19.1 Å². The highest BCUT2D eigenvalue weighted by Gasteiger charge is 2.40. The van der Waals surface area contributed by atoms with Gasteiger partial charge in [0, 0.05) is 6.42 Å². The van der Waals surface area contributed by atoms with E-state index in [4.69, 9.17) is 0 Å². The summed E-state index contributed by atoms with van der Waals surface area (Å²) in [4.78, 5) is 0. The van der Waals surface area contributed by atoms with E-state index in [1.165, 1.54) is 31.2 Å². The molecule has 0 aliphatic heterocycles. The largest absolute Gasteiger partial charge is 0.282 e. The minimum atomic E-state index is -3.27. The minimum absolute atomic E-state index is 0.104. The Bertz CT molecular complexity index is 458. The number of halogens is 3. The number of alkyl halides is 3. The second-order valence-electron chi connectivity index (χ2n) is 7.05. The van der Waals surface area contributed by atoms with Gasteiger partial charge >= 0.3 is 0 Å². The molecule has 1 aliphatic rings. The normalized spacial score (nSPS) is 23.7. The van der Waals surface area contributed by atoms with Crippen LogP contribution in [-0.2, 0) is 0 Å². The average molecular weight is 326 g/mol. The van der Waals surface area contributed by atoms with Crippen molar-refractivity contribution in [1.82, 2.24) is 0 Å². The molecule has 1 unspecified atom stereocenters. The summed E-state index contributed by atoms with van der Waals surface area (Å²) < 4.78 is 41.5. The second-order valence-corrected chi connectivity index (χ2v) is 7.05. The summed E-state index contributed by atoms with van der Waals surface area (Å²) in [7, 11) is 0. The van der Waals surface area contributed by atoms with Gasteiger partial charge in [-0.15, -0.1) is 0 Å². The molecule has 1 aromatic rings. The zero-order valence-electron chi connectivity index (χ0n) is 14.3. The van der Waals surface area contributed by atoms with Gasteiger partial charge in [0.05, 0.1) is 0 Å². The van der Waals surface area contributed by atoms with E-state index in [2.05, 4.69) is 6.92 Å². The molecule has 0 saturated heterocycles. The van der Waals surface area contributed by atoms with E-state index >= 15 is 0 Å². The Labute approximate surface area is 138 Å². The van der Waals surface area contributed by atoms with Crippen molar-refractivity contribution in [3.63, 3.8) is 0 Å². The van der Waals surface area contributed by atoms with Gasteiger partial charge in [-0.2, -0.15) is 0 Å². The molecule has 1 aromatic carbocycles. The Hall–Kier alpha value is -0.990. The molecule has 1 fully saturated rings. The maximum Gasteiger partial charge on any atom is 0.282 e. The van der Waals surface area contributed by atoms with Crippen LogP contribution in [0.2, 0.25) is 0 Å². The molecule has 0 heterocycles. The Morgan fingerprint density at radius 1 is 1.00 bits per heavy atom. The molecule has 1 atom stereocenters. The molecular formula is C20H29F3. The molecular weight excluding hydrogens is 297 g/mol. The lowest BCUT2D eigenvalue weighted by Crippen LogP contribution is -2.23. The van der Waals surface area contributed by atoms with Gasteiger partial charge in [0.2, 0.25) is 0 Å². The maximum atomic E-state index is 14.1. The molecule has 0 nitrogen and oxygen atoms in total. The van der Waals surface area contributed by atoms with Gasteiger partial charge in [-0.3, -0.25) is 0 Å². The summed E-state index contributed by atoms with van der Waals surface area (Å²) >= 11 is 0. The standard InChI is InChI=1S/C20H29F3/c1-3-5-15-6-8-16(9-7-15)17-10-12-18(13-11-17)19(21)20(22,23)14-4-2/h10-13,15-16,19H,3-9,14H2,1-2H3. The Balaban J connectivity index is 1.97. The zero-order valence-corrected chi connectivity index (χ0v) is 14.3. The van der Waals surface area contributed by atoms with E-state index in [0.29, 0.717) is 5.92 Å². The highest BCUT2D eigenvalue weighted by Crippen LogP contribution is 2.40. The highest BCUT2D eigenvalue weighted by atomic mass is 19.3. The summed E-state index contributed by atoms with van der Waals surface area (Å²) in [5.41, 5.74) is 1.28. The van der Waals surface area contributed by atoms with Gasteiger partial charge in [0.1, 0.15) is 0 Å². The van der Waals surface area contributed by atoms with Crippen molar-refractivity contribution >= 4 is 0 Å². The highest BCUT2D eigenvalue weighted by molar-refractivity contribution is 5.28. The molecule has 0 amide bonds. The van der Waals surface area contributed by atoms with Crippen LogP contribution in [0.25, 0.3) is 0 Å². The van der Waals surface area contributed by atoms with Crippen molar-refractivity contribution in [3.05, 3.63) is 35.4 Å². The first kappa shape index (κ1) is 18.4. The van der Waals surface area contributed by atoms with Crippen molar-refractivity contribution in [2.75, 3.05) is 0 Å². The van der Waals surface area contributed by atoms with Crippen molar-refractivity contribution in [2.24, 2.45) is 5.92 Å². The van der Waals surface area contributed by atoms with E-state index in [-0.39, 0.29) is 12.0 Å². The molecule has 130 valence electrons. The molecule has 1 aliphatic carbocycles. The summed E-state index contributed by atoms with van der Waals surface area (Å²) in [6.07, 6.45) is 5.06. The maximum absolute atomic E-state index is 14.1. The van der Waals surface area contributed by atoms with Crippen LogP contribution in [0.4, 0.5) is 13.2 Å². The number of hydrogen-bond acceptors (Lipinski definition) is 0. The van der Waals surface area contributed by atoms with Crippen molar-refractivity contribution < 1.29 is 13.2 Å². The predicted molar refractivity (Wildman–Crippen MR) is 89.8 cm³/mol. The van der Waals surface area contributed by atoms with E-state index < -0.39 is 18.5 Å². The zero-order chi connectivity index (χ0) is 16.9. The second kappa shape index (κ2) is 8.21. The molecule has 23 heavy (non-hydrogen) atoms. The summed E-state index contributed by atoms with van der Waals surface area (Å²) in [6.45, 7) is 3.88. The Kier molecular flexibility index (Phi) is 6.55. The SMILES string of the molecule is CCCC1CCC(c2ccc(C(F)C(F)(F)CCC)cc2)CC1. The third kappa shape index (κ3) is 4.74. The van der Waals surface area contributed by atoms with Crippen LogP contribution in [-0.4, -0.2) is 5.92 Å². The molecule has 0 radical (unpaired) electrons. The lowest BCUT2D eigenvalue weighted by atomic mass is 9.77. The topological polar surface area (TPSA) is 0 Å². The van der Waals surface area contributed by atoms with Gasteiger partial charge in [0.25, 0.3) is 5.92 Å². The van der Waals surface area contributed by atoms with Gasteiger partial charge in [0.15, 0.2) is 6.17 Å². The molecule has 3 heteroatoms. The first-order valence-corrected chi connectivity index (χ1v) is 9.09. The third-order valence-corrected chi connectivity index (χ3v) is 5.20. The van der Waals surface area contributed by atoms with Gasteiger partial charge in [-0.1, -0.05) is 57.4 Å². The monoisotopic (exact) mass is 326 g/mol. The molecule has 2 rings (SSSR count). The lowest BCUT2D eigenvalue weighted by Gasteiger charge is -2.29. The number of rotatable bonds is 7. The average Bonchev–Trinajstić information content (AvgIpc) is 2.55. The quantitative estimate of drug-likeness (QED) is 0.496. The summed E-state index contributed by atoms with van der Waals surface area (Å²) in [5.74, 6) is -1.92. The molecule has 0 aromatic heterocycles. The number of hydrogen-bond donors (Lipinski definition) is 0. The van der Waals surface area contributed by atoms with Crippen LogP contribution >= 0.6 is 0 Å². The Morgan fingerprint density at radius 2 is 1.61 bits per heavy atom. The van der Waals surface area contributed by atoms with Gasteiger partial charge < -0.3 is 0 Å². The Morgan fingerprint density at radius 3 is 2.13 bits per heavy atom. The molecule has 0 N–H and O–H groups in total. The predicted octanol–water partition coefficient (Wildman–Crippen LogP) is 7.21. The van der Waals surface area contributed by atoms with E-state index in [0.717, 1.165) is 18.8 Å². The van der Waals surface area contributed by atoms with Crippen molar-refractivity contribution in [1.29, 1.82) is 0 Å². The van der Waals surface area contributed by atoms with Crippen LogP contribution in [0.15, 0.2) is 24.3 Å². The smallest absolute Gasteiger partial charge is 0.236 e. The van der Waals surface area contributed by atoms with Crippen LogP contribution in [0.5, 0.6) is 0 Å². The molecule has 0 bridgehead atoms. The fraction of sp³-hybridized carbons (Fsp3) is 0.700.